The highest BCUT2D eigenvalue weighted by Gasteiger charge is 2.32. The third-order valence-corrected chi connectivity index (χ3v) is 7.33. The van der Waals surface area contributed by atoms with Crippen LogP contribution < -0.4 is 5.43 Å². The predicted octanol–water partition coefficient (Wildman–Crippen LogP) is 3.88. The van der Waals surface area contributed by atoms with Gasteiger partial charge in [0.25, 0.3) is 5.91 Å². The maximum Gasteiger partial charge on any atom is 0.254 e. The molecule has 6 heteroatoms. The number of fused-ring (bicyclic) bond motifs is 1. The van der Waals surface area contributed by atoms with Gasteiger partial charge in [0, 0.05) is 49.6 Å². The molecule has 0 atom stereocenters. The first-order valence-electron chi connectivity index (χ1n) is 11.6. The highest BCUT2D eigenvalue weighted by atomic mass is 16.3. The molecule has 3 heterocycles. The zero-order valence-electron chi connectivity index (χ0n) is 19.2. The lowest BCUT2D eigenvalue weighted by atomic mass is 9.89. The molecule has 0 bridgehead atoms. The molecule has 2 aliphatic heterocycles. The Balaban J connectivity index is 1.53. The molecule has 168 valence electrons. The Kier molecular flexibility index (Phi) is 5.30. The highest BCUT2D eigenvalue weighted by molar-refractivity contribution is 5.99. The van der Waals surface area contributed by atoms with Crippen LogP contribution in [0.25, 0.3) is 16.8 Å². The Morgan fingerprint density at radius 2 is 1.97 bits per heavy atom. The molecule has 6 nitrogen and oxygen atoms in total. The van der Waals surface area contributed by atoms with Crippen molar-refractivity contribution in [2.75, 3.05) is 20.1 Å². The van der Waals surface area contributed by atoms with E-state index < -0.39 is 0 Å². The van der Waals surface area contributed by atoms with E-state index in [2.05, 4.69) is 29.6 Å². The summed E-state index contributed by atoms with van der Waals surface area (Å²) in [4.78, 5) is 19.2. The van der Waals surface area contributed by atoms with Crippen LogP contribution in [0.4, 0.5) is 0 Å². The number of aryl methyl sites for hydroxylation is 1. The second-order valence-corrected chi connectivity index (χ2v) is 9.97. The van der Waals surface area contributed by atoms with E-state index in [4.69, 9.17) is 4.98 Å². The minimum absolute atomic E-state index is 0.0515. The molecule has 32 heavy (non-hydrogen) atoms. The molecule has 3 aliphatic rings. The lowest BCUT2D eigenvalue weighted by molar-refractivity contribution is 0.0816. The smallest absolute Gasteiger partial charge is 0.254 e. The molecule has 1 amide bonds. The number of carbonyl (C=O) groups is 1. The first-order chi connectivity index (χ1) is 15.4. The summed E-state index contributed by atoms with van der Waals surface area (Å²) in [6.45, 7) is 6.68. The van der Waals surface area contributed by atoms with Crippen LogP contribution in [0, 0.1) is 12.3 Å². The van der Waals surface area contributed by atoms with Crippen LogP contribution in [0.3, 0.4) is 0 Å². The lowest BCUT2D eigenvalue weighted by Crippen LogP contribution is -2.37. The maximum absolute atomic E-state index is 12.6. The molecule has 2 aromatic rings. The molecule has 0 spiro atoms. The summed E-state index contributed by atoms with van der Waals surface area (Å²) >= 11 is 0. The van der Waals surface area contributed by atoms with Crippen LogP contribution in [0.15, 0.2) is 30.5 Å². The standard InChI is InChI=1S/C26H32N4O2/c1-17-10-21(20-12-27-30(14-20)16-26(2)8-4-5-9-26)24(28-23(17)15-31)18-6-7-19-13-29(3)25(32)22(19)11-18/h6-7,10-11,14,27,31H,4-5,8-9,12-13,15-16H2,1-3H3. The molecule has 1 saturated carbocycles. The number of hydrazine groups is 1. The molecule has 5 rings (SSSR count). The largest absolute Gasteiger partial charge is 0.390 e. The summed E-state index contributed by atoms with van der Waals surface area (Å²) < 4.78 is 0. The second-order valence-electron chi connectivity index (χ2n) is 9.97. The fourth-order valence-corrected chi connectivity index (χ4v) is 5.40. The maximum atomic E-state index is 12.6. The van der Waals surface area contributed by atoms with Crippen LogP contribution in [-0.4, -0.2) is 46.0 Å². The van der Waals surface area contributed by atoms with Crippen LogP contribution >= 0.6 is 0 Å². The van der Waals surface area contributed by atoms with Crippen LogP contribution in [0.1, 0.15) is 65.3 Å². The van der Waals surface area contributed by atoms with E-state index in [0.29, 0.717) is 17.7 Å². The van der Waals surface area contributed by atoms with Gasteiger partial charge in [0.15, 0.2) is 0 Å². The van der Waals surface area contributed by atoms with Crippen molar-refractivity contribution < 1.29 is 9.90 Å². The van der Waals surface area contributed by atoms with Gasteiger partial charge in [-0.2, -0.15) is 0 Å². The number of benzene rings is 1. The van der Waals surface area contributed by atoms with Crippen molar-refractivity contribution in [1.82, 2.24) is 20.3 Å². The number of hydrogen-bond acceptors (Lipinski definition) is 5. The van der Waals surface area contributed by atoms with E-state index in [1.807, 2.05) is 32.2 Å². The second kappa shape index (κ2) is 8.01. The number of hydrogen-bond donors (Lipinski definition) is 2. The molecular weight excluding hydrogens is 400 g/mol. The van der Waals surface area contributed by atoms with E-state index in [1.165, 1.54) is 31.3 Å². The van der Waals surface area contributed by atoms with Gasteiger partial charge in [-0.15, -0.1) is 0 Å². The van der Waals surface area contributed by atoms with Crippen molar-refractivity contribution in [2.45, 2.75) is 52.7 Å². The van der Waals surface area contributed by atoms with Gasteiger partial charge in [0.2, 0.25) is 0 Å². The normalized spacial score (nSPS) is 19.6. The number of amides is 1. The topological polar surface area (TPSA) is 68.7 Å². The van der Waals surface area contributed by atoms with Gasteiger partial charge in [0.1, 0.15) is 0 Å². The Morgan fingerprint density at radius 3 is 2.72 bits per heavy atom. The fourth-order valence-electron chi connectivity index (χ4n) is 5.40. The molecule has 1 fully saturated rings. The molecule has 0 saturated heterocycles. The van der Waals surface area contributed by atoms with Crippen molar-refractivity contribution in [3.8, 4) is 11.3 Å². The molecule has 0 unspecified atom stereocenters. The van der Waals surface area contributed by atoms with Gasteiger partial charge in [0.05, 0.1) is 18.0 Å². The van der Waals surface area contributed by atoms with Crippen molar-refractivity contribution in [1.29, 1.82) is 0 Å². The van der Waals surface area contributed by atoms with Crippen molar-refractivity contribution >= 4 is 11.5 Å². The first-order valence-corrected chi connectivity index (χ1v) is 11.6. The van der Waals surface area contributed by atoms with Gasteiger partial charge in [-0.3, -0.25) is 4.79 Å². The van der Waals surface area contributed by atoms with E-state index in [9.17, 15) is 9.90 Å². The van der Waals surface area contributed by atoms with Gasteiger partial charge in [-0.05, 0) is 54.0 Å². The highest BCUT2D eigenvalue weighted by Crippen LogP contribution is 2.39. The number of aromatic nitrogens is 1. The fraction of sp³-hybridized carbons (Fsp3) is 0.462. The summed E-state index contributed by atoms with van der Waals surface area (Å²) in [6, 6.07) is 8.17. The number of nitrogens with one attached hydrogen (secondary N) is 1. The Hall–Kier alpha value is -2.70. The van der Waals surface area contributed by atoms with Crippen molar-refractivity contribution in [3.05, 3.63) is 58.4 Å². The van der Waals surface area contributed by atoms with Crippen LogP contribution in [0.2, 0.25) is 0 Å². The Bertz CT molecular complexity index is 1100. The zero-order chi connectivity index (χ0) is 22.5. The summed E-state index contributed by atoms with van der Waals surface area (Å²) in [5.41, 5.74) is 11.3. The van der Waals surface area contributed by atoms with E-state index in [0.717, 1.165) is 46.6 Å². The molecule has 0 radical (unpaired) electrons. The summed E-state index contributed by atoms with van der Waals surface area (Å²) in [5.74, 6) is 0.0515. The Labute approximate surface area is 189 Å². The molecular formula is C26H32N4O2. The lowest BCUT2D eigenvalue weighted by Gasteiger charge is -2.29. The van der Waals surface area contributed by atoms with Gasteiger partial charge in [-0.25, -0.2) is 10.4 Å². The minimum atomic E-state index is -0.104. The van der Waals surface area contributed by atoms with Crippen LogP contribution in [-0.2, 0) is 13.2 Å². The molecule has 1 aromatic heterocycles. The first kappa shape index (κ1) is 21.2. The minimum Gasteiger partial charge on any atom is -0.390 e. The van der Waals surface area contributed by atoms with Crippen molar-refractivity contribution in [2.24, 2.45) is 5.41 Å². The SMILES string of the molecule is Cc1cc(C2=CN(CC3(C)CCCC3)NC2)c(-c2ccc3c(c2)C(=O)N(C)C3)nc1CO. The monoisotopic (exact) mass is 432 g/mol. The van der Waals surface area contributed by atoms with E-state index in [1.54, 1.807) is 4.90 Å². The zero-order valence-corrected chi connectivity index (χ0v) is 19.2. The molecule has 2 N–H and O–H groups in total. The predicted molar refractivity (Wildman–Crippen MR) is 125 cm³/mol. The van der Waals surface area contributed by atoms with Gasteiger partial charge < -0.3 is 15.0 Å². The number of aliphatic hydroxyl groups is 1. The quantitative estimate of drug-likeness (QED) is 0.751. The van der Waals surface area contributed by atoms with Crippen LogP contribution in [0.5, 0.6) is 0 Å². The van der Waals surface area contributed by atoms with E-state index >= 15 is 0 Å². The van der Waals surface area contributed by atoms with E-state index in [-0.39, 0.29) is 12.5 Å². The summed E-state index contributed by atoms with van der Waals surface area (Å²) in [7, 11) is 1.83. The number of carbonyl (C=O) groups excluding carboxylic acids is 1. The number of aliphatic hydroxyl groups excluding tert-OH is 1. The average Bonchev–Trinajstić information content (AvgIpc) is 3.48. The number of pyridine rings is 1. The third-order valence-electron chi connectivity index (χ3n) is 7.33. The number of nitrogens with zero attached hydrogens (tertiary/aromatic N) is 3. The van der Waals surface area contributed by atoms with Gasteiger partial charge in [-0.1, -0.05) is 31.9 Å². The summed E-state index contributed by atoms with van der Waals surface area (Å²) in [6.07, 6.45) is 7.42. The van der Waals surface area contributed by atoms with Crippen molar-refractivity contribution in [3.63, 3.8) is 0 Å². The Morgan fingerprint density at radius 1 is 1.19 bits per heavy atom. The third kappa shape index (κ3) is 3.71. The van der Waals surface area contributed by atoms with Gasteiger partial charge >= 0.3 is 0 Å². The number of rotatable bonds is 5. The summed E-state index contributed by atoms with van der Waals surface area (Å²) in [5, 5.41) is 12.1. The molecule has 1 aliphatic carbocycles. The average molecular weight is 433 g/mol. The molecule has 1 aromatic carbocycles.